The molecule has 3 atom stereocenters. The first-order valence-corrected chi connectivity index (χ1v) is 7.33. The molecule has 1 aromatic rings. The molecule has 0 spiro atoms. The van der Waals surface area contributed by atoms with Gasteiger partial charge in [-0.05, 0) is 38.5 Å². The first-order valence-electron chi connectivity index (χ1n) is 6.95. The van der Waals surface area contributed by atoms with Crippen LogP contribution in [0.1, 0.15) is 46.6 Å². The van der Waals surface area contributed by atoms with Gasteiger partial charge >= 0.3 is 0 Å². The molecule has 1 heterocycles. The third-order valence-corrected chi connectivity index (χ3v) is 4.60. The third kappa shape index (κ3) is 2.78. The molecule has 0 amide bonds. The lowest BCUT2D eigenvalue weighted by Gasteiger charge is -2.21. The van der Waals surface area contributed by atoms with Crippen LogP contribution in [0.25, 0.3) is 0 Å². The fourth-order valence-electron chi connectivity index (χ4n) is 2.68. The highest BCUT2D eigenvalue weighted by Crippen LogP contribution is 2.34. The maximum Gasteiger partial charge on any atom is 0.287 e. The molecule has 2 rings (SSSR count). The van der Waals surface area contributed by atoms with Gasteiger partial charge in [0, 0.05) is 6.04 Å². The number of halogens is 1. The fourth-order valence-corrected chi connectivity index (χ4v) is 2.87. The Bertz CT molecular complexity index is 512. The van der Waals surface area contributed by atoms with Crippen molar-refractivity contribution >= 4 is 17.3 Å². The van der Waals surface area contributed by atoms with E-state index in [0.717, 1.165) is 6.42 Å². The first kappa shape index (κ1) is 14.4. The summed E-state index contributed by atoms with van der Waals surface area (Å²) < 4.78 is 1.41. The lowest BCUT2D eigenvalue weighted by atomic mass is 9.98. The van der Waals surface area contributed by atoms with Crippen molar-refractivity contribution in [2.75, 3.05) is 5.32 Å². The van der Waals surface area contributed by atoms with Crippen LogP contribution >= 0.6 is 11.6 Å². The molecule has 1 N–H and O–H groups in total. The molecule has 106 valence electrons. The third-order valence-electron chi connectivity index (χ3n) is 4.24. The molecule has 0 aromatic carbocycles. The second kappa shape index (κ2) is 5.53. The van der Waals surface area contributed by atoms with Crippen molar-refractivity contribution in [3.05, 3.63) is 21.6 Å². The summed E-state index contributed by atoms with van der Waals surface area (Å²) in [6, 6.07) is 0.396. The van der Waals surface area contributed by atoms with E-state index in [-0.39, 0.29) is 16.6 Å². The summed E-state index contributed by atoms with van der Waals surface area (Å²) in [5.74, 6) is 1.30. The van der Waals surface area contributed by atoms with E-state index in [9.17, 15) is 4.79 Å². The monoisotopic (exact) mass is 283 g/mol. The van der Waals surface area contributed by atoms with E-state index in [1.165, 1.54) is 11.1 Å². The van der Waals surface area contributed by atoms with Crippen molar-refractivity contribution in [3.8, 4) is 0 Å². The largest absolute Gasteiger partial charge is 0.379 e. The van der Waals surface area contributed by atoms with Gasteiger partial charge in [-0.25, -0.2) is 4.68 Å². The normalized spacial score (nSPS) is 26.9. The average molecular weight is 284 g/mol. The molecular formula is C14H22ClN3O. The molecule has 4 nitrogen and oxygen atoms in total. The van der Waals surface area contributed by atoms with Crippen LogP contribution < -0.4 is 10.9 Å². The fraction of sp³-hybridized carbons (Fsp3) is 0.714. The van der Waals surface area contributed by atoms with Crippen LogP contribution in [0.3, 0.4) is 0 Å². The van der Waals surface area contributed by atoms with E-state index in [1.54, 1.807) is 6.20 Å². The highest BCUT2D eigenvalue weighted by Gasteiger charge is 2.30. The molecule has 0 bridgehead atoms. The second-order valence-electron chi connectivity index (χ2n) is 5.88. The SMILES string of the molecule is CC1CCC(Nc2cnn(C(C)C)c(=O)c2Cl)C1C. The Morgan fingerprint density at radius 1 is 1.42 bits per heavy atom. The molecule has 5 heteroatoms. The minimum atomic E-state index is -0.222. The van der Waals surface area contributed by atoms with Crippen LogP contribution in [0.5, 0.6) is 0 Å². The molecule has 1 aliphatic rings. The van der Waals surface area contributed by atoms with Crippen molar-refractivity contribution in [1.29, 1.82) is 0 Å². The van der Waals surface area contributed by atoms with E-state index in [4.69, 9.17) is 11.6 Å². The Morgan fingerprint density at radius 2 is 2.11 bits per heavy atom. The molecule has 1 fully saturated rings. The maximum atomic E-state index is 12.1. The van der Waals surface area contributed by atoms with Crippen molar-refractivity contribution in [3.63, 3.8) is 0 Å². The molecule has 0 aliphatic heterocycles. The van der Waals surface area contributed by atoms with Gasteiger partial charge in [0.2, 0.25) is 0 Å². The zero-order valence-corrected chi connectivity index (χ0v) is 12.7. The van der Waals surface area contributed by atoms with Crippen molar-refractivity contribution < 1.29 is 0 Å². The van der Waals surface area contributed by atoms with E-state index in [0.29, 0.717) is 23.6 Å². The summed E-state index contributed by atoms with van der Waals surface area (Å²) in [5.41, 5.74) is 0.440. The van der Waals surface area contributed by atoms with Crippen LogP contribution in [-0.4, -0.2) is 15.8 Å². The van der Waals surface area contributed by atoms with E-state index < -0.39 is 0 Å². The van der Waals surface area contributed by atoms with Gasteiger partial charge in [0.25, 0.3) is 5.56 Å². The minimum Gasteiger partial charge on any atom is -0.379 e. The zero-order chi connectivity index (χ0) is 14.2. The van der Waals surface area contributed by atoms with Crippen LogP contribution in [0.2, 0.25) is 5.02 Å². The van der Waals surface area contributed by atoms with Gasteiger partial charge in [0.05, 0.1) is 17.9 Å². The summed E-state index contributed by atoms with van der Waals surface area (Å²) in [7, 11) is 0. The molecule has 1 aliphatic carbocycles. The van der Waals surface area contributed by atoms with Gasteiger partial charge in [-0.15, -0.1) is 0 Å². The Hall–Kier alpha value is -1.03. The summed E-state index contributed by atoms with van der Waals surface area (Å²) in [6.45, 7) is 8.34. The molecule has 1 aromatic heterocycles. The Morgan fingerprint density at radius 3 is 2.63 bits per heavy atom. The van der Waals surface area contributed by atoms with Crippen molar-refractivity contribution in [2.45, 2.75) is 52.6 Å². The summed E-state index contributed by atoms with van der Waals surface area (Å²) in [6.07, 6.45) is 4.00. The van der Waals surface area contributed by atoms with Crippen molar-refractivity contribution in [2.24, 2.45) is 11.8 Å². The highest BCUT2D eigenvalue weighted by atomic mass is 35.5. The molecule has 1 saturated carbocycles. The predicted molar refractivity (Wildman–Crippen MR) is 78.9 cm³/mol. The van der Waals surface area contributed by atoms with Crippen LogP contribution in [0.15, 0.2) is 11.0 Å². The van der Waals surface area contributed by atoms with Gasteiger partial charge in [-0.2, -0.15) is 5.10 Å². The zero-order valence-electron chi connectivity index (χ0n) is 12.0. The second-order valence-corrected chi connectivity index (χ2v) is 6.26. The van der Waals surface area contributed by atoms with Crippen LogP contribution in [0, 0.1) is 11.8 Å². The average Bonchev–Trinajstić information content (AvgIpc) is 2.66. The number of nitrogens with one attached hydrogen (secondary N) is 1. The number of nitrogens with zero attached hydrogens (tertiary/aromatic N) is 2. The summed E-state index contributed by atoms with van der Waals surface area (Å²) >= 11 is 6.17. The van der Waals surface area contributed by atoms with Gasteiger partial charge in [0.1, 0.15) is 5.02 Å². The molecule has 0 saturated heterocycles. The van der Waals surface area contributed by atoms with Gasteiger partial charge in [-0.1, -0.05) is 25.4 Å². The lowest BCUT2D eigenvalue weighted by molar-refractivity contribution is 0.435. The van der Waals surface area contributed by atoms with Gasteiger partial charge < -0.3 is 5.32 Å². The first-order chi connectivity index (χ1) is 8.91. The highest BCUT2D eigenvalue weighted by molar-refractivity contribution is 6.32. The standard InChI is InChI=1S/C14H22ClN3O/c1-8(2)18-14(19)13(15)12(7-16-18)17-11-6-5-9(3)10(11)4/h7-11,17H,5-6H2,1-4H3. The van der Waals surface area contributed by atoms with E-state index >= 15 is 0 Å². The number of rotatable bonds is 3. The van der Waals surface area contributed by atoms with Crippen LogP contribution in [0.4, 0.5) is 5.69 Å². The summed E-state index contributed by atoms with van der Waals surface area (Å²) in [5, 5.41) is 7.82. The molecular weight excluding hydrogens is 262 g/mol. The minimum absolute atomic E-state index is 0.0180. The van der Waals surface area contributed by atoms with E-state index in [1.807, 2.05) is 13.8 Å². The lowest BCUT2D eigenvalue weighted by Crippen LogP contribution is -2.29. The van der Waals surface area contributed by atoms with Crippen molar-refractivity contribution in [1.82, 2.24) is 9.78 Å². The topological polar surface area (TPSA) is 46.9 Å². The number of aromatic nitrogens is 2. The number of hydrogen-bond acceptors (Lipinski definition) is 3. The Balaban J connectivity index is 2.23. The molecule has 3 unspecified atom stereocenters. The number of hydrogen-bond donors (Lipinski definition) is 1. The molecule has 0 radical (unpaired) electrons. The molecule has 19 heavy (non-hydrogen) atoms. The quantitative estimate of drug-likeness (QED) is 0.926. The number of anilines is 1. The van der Waals surface area contributed by atoms with Gasteiger partial charge in [-0.3, -0.25) is 4.79 Å². The predicted octanol–water partition coefficient (Wildman–Crippen LogP) is 3.32. The summed E-state index contributed by atoms with van der Waals surface area (Å²) in [4.78, 5) is 12.1. The van der Waals surface area contributed by atoms with Gasteiger partial charge in [0.15, 0.2) is 0 Å². The Labute approximate surface area is 119 Å². The maximum absolute atomic E-state index is 12.1. The Kier molecular flexibility index (Phi) is 4.19. The smallest absolute Gasteiger partial charge is 0.287 e. The van der Waals surface area contributed by atoms with Crippen LogP contribution in [-0.2, 0) is 0 Å². The van der Waals surface area contributed by atoms with E-state index in [2.05, 4.69) is 24.3 Å².